The third kappa shape index (κ3) is 10.3. The van der Waals surface area contributed by atoms with Crippen molar-refractivity contribution in [3.8, 4) is 0 Å². The molecule has 0 bridgehead atoms. The number of allylic oxidation sites excluding steroid dienone is 6. The van der Waals surface area contributed by atoms with Crippen LogP contribution in [0.25, 0.3) is 22.0 Å². The lowest BCUT2D eigenvalue weighted by molar-refractivity contribution is -0.125. The quantitative estimate of drug-likeness (QED) is 0.118. The Morgan fingerprint density at radius 3 is 2.61 bits per heavy atom. The fourth-order valence-corrected chi connectivity index (χ4v) is 7.66. The molecule has 1 aromatic carbocycles. The fourth-order valence-electron chi connectivity index (χ4n) is 6.59. The molecule has 4 heterocycles. The average Bonchev–Trinajstić information content (AvgIpc) is 3.93. The molecular formula is C41H58FN7OS. The molecule has 0 saturated carbocycles. The van der Waals surface area contributed by atoms with Gasteiger partial charge in [-0.15, -0.1) is 11.3 Å². The number of nitrogens with zero attached hydrogens (tertiary/aromatic N) is 5. The van der Waals surface area contributed by atoms with E-state index in [4.69, 9.17) is 0 Å². The molecule has 1 amide bonds. The van der Waals surface area contributed by atoms with Gasteiger partial charge < -0.3 is 10.2 Å². The first-order valence-electron chi connectivity index (χ1n) is 18.4. The molecule has 2 N–H and O–H groups in total. The van der Waals surface area contributed by atoms with Crippen LogP contribution in [0.3, 0.4) is 0 Å². The second-order valence-electron chi connectivity index (χ2n) is 12.5. The highest BCUT2D eigenvalue weighted by Gasteiger charge is 2.43. The maximum Gasteiger partial charge on any atom is 0.231 e. The molecule has 51 heavy (non-hydrogen) atoms. The number of thiophene rings is 1. The van der Waals surface area contributed by atoms with Gasteiger partial charge in [-0.25, -0.2) is 9.38 Å². The molecule has 2 aliphatic rings. The van der Waals surface area contributed by atoms with Gasteiger partial charge in [0.05, 0.1) is 21.5 Å². The summed E-state index contributed by atoms with van der Waals surface area (Å²) in [5.41, 5.74) is 4.10. The molecule has 2 atom stereocenters. The number of aromatic nitrogens is 2. The molecule has 10 heteroatoms. The Bertz CT molecular complexity index is 1760. The number of amidine groups is 1. The van der Waals surface area contributed by atoms with E-state index in [0.717, 1.165) is 84.7 Å². The molecule has 2 aliphatic heterocycles. The van der Waals surface area contributed by atoms with Crippen molar-refractivity contribution in [3.63, 3.8) is 0 Å². The van der Waals surface area contributed by atoms with E-state index in [1.165, 1.54) is 22.6 Å². The van der Waals surface area contributed by atoms with Gasteiger partial charge in [-0.2, -0.15) is 5.10 Å². The van der Waals surface area contributed by atoms with E-state index in [1.807, 2.05) is 52.8 Å². The molecule has 3 aromatic rings. The van der Waals surface area contributed by atoms with Gasteiger partial charge in [0, 0.05) is 55.2 Å². The number of benzene rings is 1. The summed E-state index contributed by atoms with van der Waals surface area (Å²) in [5, 5.41) is 11.6. The van der Waals surface area contributed by atoms with Crippen LogP contribution in [0.15, 0.2) is 76.5 Å². The number of rotatable bonds is 11. The lowest BCUT2D eigenvalue weighted by Crippen LogP contribution is -2.45. The summed E-state index contributed by atoms with van der Waals surface area (Å²) in [6, 6.07) is 10.4. The molecule has 1 fully saturated rings. The zero-order chi connectivity index (χ0) is 37.6. The van der Waals surface area contributed by atoms with Crippen molar-refractivity contribution >= 4 is 57.5 Å². The summed E-state index contributed by atoms with van der Waals surface area (Å²) >= 11 is 1.72. The van der Waals surface area contributed by atoms with E-state index in [1.54, 1.807) is 37.5 Å². The Labute approximate surface area is 309 Å². The number of hydrogen-bond acceptors (Lipinski definition) is 6. The standard InChI is InChI=1S/C37H46FN7OS.2C2H6/c1-7-9-28(38)11-10-25(3)34-30-22-29(12-13-31(30)42-43-34)41-36(46)37(8-2)18-21-44(24-37)23-26(4)45-19-16-27(17-20-45)32-14-15-33(47-32)35(39-5)40-6;2*1-2/h7,9-16,22,26H,5,8,17-21,23-24H2,1-4,6H3,(H,41,46)(H,42,43);2*1-2H3/b9-7-,25-10+,28-11+,40-35?;;. The number of halogens is 1. The van der Waals surface area contributed by atoms with Gasteiger partial charge in [0.1, 0.15) is 5.83 Å². The van der Waals surface area contributed by atoms with Crippen molar-refractivity contribution in [1.29, 1.82) is 0 Å². The zero-order valence-electron chi connectivity index (χ0n) is 32.1. The van der Waals surface area contributed by atoms with Crippen LogP contribution >= 0.6 is 11.3 Å². The van der Waals surface area contributed by atoms with Gasteiger partial charge in [0.2, 0.25) is 5.91 Å². The summed E-state index contributed by atoms with van der Waals surface area (Å²) < 4.78 is 13.9. The van der Waals surface area contributed by atoms with Gasteiger partial charge in [0.25, 0.3) is 0 Å². The average molecular weight is 716 g/mol. The molecule has 0 radical (unpaired) electrons. The number of fused-ring (bicyclic) bond motifs is 1. The minimum absolute atomic E-state index is 0.0620. The van der Waals surface area contributed by atoms with Gasteiger partial charge in [-0.05, 0) is 107 Å². The second-order valence-corrected chi connectivity index (χ2v) is 13.6. The maximum absolute atomic E-state index is 13.9. The molecule has 5 rings (SSSR count). The number of aromatic amines is 1. The summed E-state index contributed by atoms with van der Waals surface area (Å²) in [6.07, 6.45) is 11.2. The van der Waals surface area contributed by atoms with Gasteiger partial charge in [-0.1, -0.05) is 52.8 Å². The first kappa shape index (κ1) is 41.4. The normalized spacial score (nSPS) is 19.6. The second kappa shape index (κ2) is 20.2. The molecule has 0 spiro atoms. The van der Waals surface area contributed by atoms with Crippen LogP contribution in [0.5, 0.6) is 0 Å². The van der Waals surface area contributed by atoms with E-state index in [9.17, 15) is 9.18 Å². The fraction of sp³-hybridized carbons (Fsp3) is 0.463. The van der Waals surface area contributed by atoms with E-state index < -0.39 is 5.41 Å². The summed E-state index contributed by atoms with van der Waals surface area (Å²) in [6.45, 7) is 24.2. The Kier molecular flexibility index (Phi) is 16.4. The minimum atomic E-state index is -0.439. The predicted molar refractivity (Wildman–Crippen MR) is 219 cm³/mol. The zero-order valence-corrected chi connectivity index (χ0v) is 33.0. The molecule has 1 saturated heterocycles. The van der Waals surface area contributed by atoms with Crippen LogP contribution in [-0.4, -0.2) is 84.3 Å². The molecule has 2 aromatic heterocycles. The summed E-state index contributed by atoms with van der Waals surface area (Å²) in [4.78, 5) is 29.4. The Morgan fingerprint density at radius 2 is 1.96 bits per heavy atom. The van der Waals surface area contributed by atoms with Crippen LogP contribution in [0.4, 0.5) is 10.1 Å². The number of hydrogen-bond donors (Lipinski definition) is 2. The number of aliphatic imine (C=N–C) groups is 2. The SMILES string of the molecule is C=NC(=NC)c1ccc(C2=CCN(C(C)CN3CCC(CC)(C(=O)Nc4ccc5[nH]nc(/C(C)=C/C=C(F)\C=C/C)c5c4)C3)CC2)s1.CC.CC. The topological polar surface area (TPSA) is 89.0 Å². The van der Waals surface area contributed by atoms with Crippen molar-refractivity contribution in [3.05, 3.63) is 82.0 Å². The van der Waals surface area contributed by atoms with Gasteiger partial charge in [0.15, 0.2) is 5.84 Å². The van der Waals surface area contributed by atoms with Crippen LogP contribution in [0, 0.1) is 5.41 Å². The number of carbonyl (C=O) groups excluding carboxylic acids is 1. The molecule has 2 unspecified atom stereocenters. The van der Waals surface area contributed by atoms with Crippen LogP contribution in [-0.2, 0) is 4.79 Å². The third-order valence-corrected chi connectivity index (χ3v) is 10.7. The Morgan fingerprint density at radius 1 is 1.20 bits per heavy atom. The highest BCUT2D eigenvalue weighted by Crippen LogP contribution is 2.37. The summed E-state index contributed by atoms with van der Waals surface area (Å²) in [7, 11) is 1.74. The van der Waals surface area contributed by atoms with Crippen molar-refractivity contribution in [1.82, 2.24) is 20.0 Å². The van der Waals surface area contributed by atoms with Crippen molar-refractivity contribution in [2.45, 2.75) is 80.7 Å². The number of nitrogens with one attached hydrogen (secondary N) is 2. The molecule has 276 valence electrons. The largest absolute Gasteiger partial charge is 0.326 e. The molecule has 0 aliphatic carbocycles. The number of H-pyrrole nitrogens is 1. The number of likely N-dealkylation sites (tertiary alicyclic amines) is 1. The van der Waals surface area contributed by atoms with Crippen LogP contribution in [0.1, 0.15) is 90.1 Å². The van der Waals surface area contributed by atoms with Crippen LogP contribution in [0.2, 0.25) is 0 Å². The van der Waals surface area contributed by atoms with Gasteiger partial charge in [-0.3, -0.25) is 19.8 Å². The molecule has 8 nitrogen and oxygen atoms in total. The molecular weight excluding hydrogens is 658 g/mol. The minimum Gasteiger partial charge on any atom is -0.326 e. The van der Waals surface area contributed by atoms with Crippen molar-refractivity contribution < 1.29 is 9.18 Å². The van der Waals surface area contributed by atoms with E-state index in [0.29, 0.717) is 11.9 Å². The first-order chi connectivity index (χ1) is 24.7. The van der Waals surface area contributed by atoms with E-state index >= 15 is 0 Å². The monoisotopic (exact) mass is 715 g/mol. The highest BCUT2D eigenvalue weighted by atomic mass is 32.1. The summed E-state index contributed by atoms with van der Waals surface area (Å²) in [5.74, 6) is 0.430. The highest BCUT2D eigenvalue weighted by molar-refractivity contribution is 7.15. The Balaban J connectivity index is 0.00000169. The smallest absolute Gasteiger partial charge is 0.231 e. The maximum atomic E-state index is 13.9. The van der Waals surface area contributed by atoms with Crippen molar-refractivity contribution in [2.24, 2.45) is 15.4 Å². The van der Waals surface area contributed by atoms with E-state index in [-0.39, 0.29) is 11.7 Å². The predicted octanol–water partition coefficient (Wildman–Crippen LogP) is 9.80. The van der Waals surface area contributed by atoms with E-state index in [2.05, 4.69) is 74.1 Å². The number of anilines is 1. The third-order valence-electron chi connectivity index (χ3n) is 9.49. The van der Waals surface area contributed by atoms with Crippen molar-refractivity contribution in [2.75, 3.05) is 45.1 Å². The lowest BCUT2D eigenvalue weighted by atomic mass is 9.83. The first-order valence-corrected chi connectivity index (χ1v) is 19.2. The number of amides is 1. The lowest BCUT2D eigenvalue weighted by Gasteiger charge is -2.34. The Hall–Kier alpha value is -3.99. The van der Waals surface area contributed by atoms with Gasteiger partial charge >= 0.3 is 0 Å². The van der Waals surface area contributed by atoms with Crippen LogP contribution < -0.4 is 5.32 Å². The number of carbonyl (C=O) groups is 1.